The number of anilines is 2. The van der Waals surface area contributed by atoms with Crippen LogP contribution in [-0.2, 0) is 0 Å². The Hall–Kier alpha value is -1.74. The van der Waals surface area contributed by atoms with Gasteiger partial charge in [-0.3, -0.25) is 0 Å². The summed E-state index contributed by atoms with van der Waals surface area (Å²) in [5, 5.41) is 3.99. The summed E-state index contributed by atoms with van der Waals surface area (Å²) in [5.41, 5.74) is 2.42. The van der Waals surface area contributed by atoms with Gasteiger partial charge in [0.15, 0.2) is 0 Å². The summed E-state index contributed by atoms with van der Waals surface area (Å²) in [5.74, 6) is -0.207. The third-order valence-electron chi connectivity index (χ3n) is 3.18. The molecule has 1 unspecified atom stereocenters. The molecular formula is C16H18ClFN2. The third kappa shape index (κ3) is 3.05. The minimum absolute atomic E-state index is 0.145. The maximum absolute atomic E-state index is 13.8. The summed E-state index contributed by atoms with van der Waals surface area (Å²) in [7, 11) is 3.86. The molecular weight excluding hydrogens is 275 g/mol. The number of rotatable bonds is 4. The average molecular weight is 293 g/mol. The van der Waals surface area contributed by atoms with Crippen molar-refractivity contribution in [3.05, 3.63) is 58.9 Å². The topological polar surface area (TPSA) is 15.3 Å². The van der Waals surface area contributed by atoms with Crippen LogP contribution in [0.5, 0.6) is 0 Å². The lowest BCUT2D eigenvalue weighted by Crippen LogP contribution is -2.15. The first kappa shape index (κ1) is 14.7. The predicted molar refractivity (Wildman–Crippen MR) is 84.2 cm³/mol. The molecule has 0 aliphatic heterocycles. The molecule has 4 heteroatoms. The summed E-state index contributed by atoms with van der Waals surface area (Å²) in [6.07, 6.45) is 0. The van der Waals surface area contributed by atoms with Crippen molar-refractivity contribution in [2.75, 3.05) is 24.3 Å². The van der Waals surface area contributed by atoms with Crippen LogP contribution in [-0.4, -0.2) is 14.1 Å². The van der Waals surface area contributed by atoms with E-state index in [1.165, 1.54) is 6.07 Å². The number of hydrogen-bond donors (Lipinski definition) is 1. The number of nitrogens with zero attached hydrogens (tertiary/aromatic N) is 1. The highest BCUT2D eigenvalue weighted by Gasteiger charge is 2.14. The lowest BCUT2D eigenvalue weighted by atomic mass is 10.1. The molecule has 2 nitrogen and oxygen atoms in total. The number of benzene rings is 2. The monoisotopic (exact) mass is 292 g/mol. The molecule has 2 aromatic carbocycles. The lowest BCUT2D eigenvalue weighted by Gasteiger charge is -2.23. The van der Waals surface area contributed by atoms with E-state index in [9.17, 15) is 4.39 Å². The molecule has 0 aliphatic carbocycles. The van der Waals surface area contributed by atoms with Crippen molar-refractivity contribution in [1.82, 2.24) is 0 Å². The first-order valence-electron chi connectivity index (χ1n) is 6.47. The molecule has 2 rings (SSSR count). The summed E-state index contributed by atoms with van der Waals surface area (Å²) < 4.78 is 13.8. The molecule has 0 heterocycles. The fraction of sp³-hybridized carbons (Fsp3) is 0.250. The van der Waals surface area contributed by atoms with Crippen LogP contribution in [0.4, 0.5) is 15.8 Å². The van der Waals surface area contributed by atoms with Crippen molar-refractivity contribution in [3.8, 4) is 0 Å². The van der Waals surface area contributed by atoms with Gasteiger partial charge in [0.2, 0.25) is 0 Å². The summed E-state index contributed by atoms with van der Waals surface area (Å²) in [6, 6.07) is 12.3. The van der Waals surface area contributed by atoms with Gasteiger partial charge in [0, 0.05) is 19.7 Å². The van der Waals surface area contributed by atoms with Gasteiger partial charge in [0.1, 0.15) is 5.82 Å². The molecule has 0 spiro atoms. The van der Waals surface area contributed by atoms with E-state index in [0.29, 0.717) is 10.6 Å². The van der Waals surface area contributed by atoms with Crippen molar-refractivity contribution in [2.24, 2.45) is 0 Å². The Balaban J connectivity index is 2.31. The summed E-state index contributed by atoms with van der Waals surface area (Å²) in [4.78, 5) is 1.94. The highest BCUT2D eigenvalue weighted by atomic mass is 35.5. The Labute approximate surface area is 124 Å². The van der Waals surface area contributed by atoms with E-state index >= 15 is 0 Å². The summed E-state index contributed by atoms with van der Waals surface area (Å²) in [6.45, 7) is 1.93. The van der Waals surface area contributed by atoms with Crippen LogP contribution >= 0.6 is 11.6 Å². The maximum atomic E-state index is 13.8. The smallest absolute Gasteiger partial charge is 0.128 e. The number of halogens is 2. The van der Waals surface area contributed by atoms with Crippen molar-refractivity contribution in [2.45, 2.75) is 13.0 Å². The molecule has 2 aromatic rings. The van der Waals surface area contributed by atoms with Crippen LogP contribution in [0, 0.1) is 5.82 Å². The SMILES string of the molecule is CC(Nc1cccc(Cl)c1N(C)C)c1ccccc1F. The van der Waals surface area contributed by atoms with Gasteiger partial charge in [-0.1, -0.05) is 35.9 Å². The Kier molecular flexibility index (Phi) is 4.50. The first-order chi connectivity index (χ1) is 9.50. The zero-order valence-electron chi connectivity index (χ0n) is 11.8. The van der Waals surface area contributed by atoms with Gasteiger partial charge in [-0.05, 0) is 25.1 Å². The third-order valence-corrected chi connectivity index (χ3v) is 3.48. The van der Waals surface area contributed by atoms with Crippen molar-refractivity contribution in [1.29, 1.82) is 0 Å². The standard InChI is InChI=1S/C16H18ClFN2/c1-11(12-7-4-5-9-14(12)18)19-15-10-6-8-13(17)16(15)20(2)3/h4-11,19H,1-3H3. The van der Waals surface area contributed by atoms with E-state index in [4.69, 9.17) is 11.6 Å². The minimum atomic E-state index is -0.207. The Morgan fingerprint density at radius 2 is 1.80 bits per heavy atom. The van der Waals surface area contributed by atoms with E-state index < -0.39 is 0 Å². The molecule has 0 radical (unpaired) electrons. The van der Waals surface area contributed by atoms with Crippen LogP contribution in [0.15, 0.2) is 42.5 Å². The first-order valence-corrected chi connectivity index (χ1v) is 6.85. The molecule has 20 heavy (non-hydrogen) atoms. The molecule has 1 N–H and O–H groups in total. The number of hydrogen-bond acceptors (Lipinski definition) is 2. The van der Waals surface area contributed by atoms with E-state index in [2.05, 4.69) is 5.32 Å². The van der Waals surface area contributed by atoms with Gasteiger partial charge in [-0.15, -0.1) is 0 Å². The van der Waals surface area contributed by atoms with Crippen LogP contribution in [0.25, 0.3) is 0 Å². The zero-order valence-corrected chi connectivity index (χ0v) is 12.6. The Morgan fingerprint density at radius 3 is 2.45 bits per heavy atom. The zero-order chi connectivity index (χ0) is 14.7. The van der Waals surface area contributed by atoms with Crippen LogP contribution in [0.2, 0.25) is 5.02 Å². The second kappa shape index (κ2) is 6.14. The predicted octanol–water partition coefficient (Wildman–Crippen LogP) is 4.72. The molecule has 0 aliphatic rings. The van der Waals surface area contributed by atoms with Crippen LogP contribution in [0.3, 0.4) is 0 Å². The second-order valence-corrected chi connectivity index (χ2v) is 5.33. The van der Waals surface area contributed by atoms with Gasteiger partial charge in [0.05, 0.1) is 22.4 Å². The molecule has 0 bridgehead atoms. The largest absolute Gasteiger partial charge is 0.377 e. The fourth-order valence-electron chi connectivity index (χ4n) is 2.22. The average Bonchev–Trinajstić information content (AvgIpc) is 2.38. The number of para-hydroxylation sites is 1. The van der Waals surface area contributed by atoms with Gasteiger partial charge >= 0.3 is 0 Å². The second-order valence-electron chi connectivity index (χ2n) is 4.92. The van der Waals surface area contributed by atoms with Crippen LogP contribution < -0.4 is 10.2 Å². The van der Waals surface area contributed by atoms with E-state index in [1.807, 2.05) is 50.2 Å². The van der Waals surface area contributed by atoms with Gasteiger partial charge in [-0.25, -0.2) is 4.39 Å². The van der Waals surface area contributed by atoms with Gasteiger partial charge in [0.25, 0.3) is 0 Å². The van der Waals surface area contributed by atoms with Crippen LogP contribution in [0.1, 0.15) is 18.5 Å². The quantitative estimate of drug-likeness (QED) is 0.877. The summed E-state index contributed by atoms with van der Waals surface area (Å²) >= 11 is 6.23. The molecule has 0 fully saturated rings. The van der Waals surface area contributed by atoms with Gasteiger partial charge in [-0.2, -0.15) is 0 Å². The van der Waals surface area contributed by atoms with Gasteiger partial charge < -0.3 is 10.2 Å². The van der Waals surface area contributed by atoms with E-state index in [1.54, 1.807) is 12.1 Å². The highest BCUT2D eigenvalue weighted by molar-refractivity contribution is 6.34. The van der Waals surface area contributed by atoms with Crippen molar-refractivity contribution < 1.29 is 4.39 Å². The molecule has 0 aromatic heterocycles. The Morgan fingerprint density at radius 1 is 1.10 bits per heavy atom. The van der Waals surface area contributed by atoms with E-state index in [0.717, 1.165) is 11.4 Å². The Bertz CT molecular complexity index is 599. The molecule has 1 atom stereocenters. The maximum Gasteiger partial charge on any atom is 0.128 e. The molecule has 0 saturated carbocycles. The number of nitrogens with one attached hydrogen (secondary N) is 1. The normalized spacial score (nSPS) is 12.1. The van der Waals surface area contributed by atoms with Crippen molar-refractivity contribution in [3.63, 3.8) is 0 Å². The highest BCUT2D eigenvalue weighted by Crippen LogP contribution is 2.34. The minimum Gasteiger partial charge on any atom is -0.377 e. The fourth-order valence-corrected chi connectivity index (χ4v) is 2.57. The lowest BCUT2D eigenvalue weighted by molar-refractivity contribution is 0.600. The molecule has 0 saturated heterocycles. The molecule has 0 amide bonds. The van der Waals surface area contributed by atoms with E-state index in [-0.39, 0.29) is 11.9 Å². The van der Waals surface area contributed by atoms with Crippen molar-refractivity contribution >= 4 is 23.0 Å². The molecule has 106 valence electrons.